The van der Waals surface area contributed by atoms with Gasteiger partial charge in [-0.3, -0.25) is 0 Å². The Balaban J connectivity index is 1.15. The molecule has 0 saturated heterocycles. The van der Waals surface area contributed by atoms with Gasteiger partial charge in [0.1, 0.15) is 0 Å². The van der Waals surface area contributed by atoms with Gasteiger partial charge in [0.2, 0.25) is 0 Å². The number of unbranched alkanes of at least 4 members (excludes halogenated alkanes) is 2. The lowest BCUT2D eigenvalue weighted by molar-refractivity contribution is 0.590. The van der Waals surface area contributed by atoms with Crippen molar-refractivity contribution >= 4 is 57.2 Å². The van der Waals surface area contributed by atoms with Crippen LogP contribution >= 0.6 is 0 Å². The quantitative estimate of drug-likeness (QED) is 0.0944. The Kier molecular flexibility index (Phi) is 15.0. The number of benzene rings is 12. The van der Waals surface area contributed by atoms with Crippen LogP contribution in [-0.2, 0) is 18.3 Å². The van der Waals surface area contributed by atoms with Gasteiger partial charge in [0.25, 0.3) is 6.71 Å². The van der Waals surface area contributed by atoms with Crippen LogP contribution < -0.4 is 26.2 Å². The maximum absolute atomic E-state index is 2.72. The molecule has 0 aliphatic carbocycles. The summed E-state index contributed by atoms with van der Waals surface area (Å²) in [5.74, 6) is 0. The Morgan fingerprint density at radius 2 is 0.644 bits per heavy atom. The maximum atomic E-state index is 2.72. The fourth-order valence-electron chi connectivity index (χ4n) is 13.7. The summed E-state index contributed by atoms with van der Waals surface area (Å²) >= 11 is 0. The van der Waals surface area contributed by atoms with Crippen LogP contribution in [0.5, 0.6) is 0 Å². The summed E-state index contributed by atoms with van der Waals surface area (Å²) in [5.41, 5.74) is 31.8. The molecule has 2 aliphatic heterocycles. The van der Waals surface area contributed by atoms with Crippen molar-refractivity contribution in [2.24, 2.45) is 0 Å². The summed E-state index contributed by atoms with van der Waals surface area (Å²) in [6.07, 6.45) is 6.35. The molecule has 0 spiro atoms. The zero-order valence-corrected chi connectivity index (χ0v) is 50.8. The van der Waals surface area contributed by atoms with Gasteiger partial charge in [-0.15, -0.1) is 0 Å². The van der Waals surface area contributed by atoms with Gasteiger partial charge < -0.3 is 9.80 Å². The van der Waals surface area contributed by atoms with E-state index in [-0.39, 0.29) is 12.1 Å². The monoisotopic (exact) mass is 1120 g/mol. The van der Waals surface area contributed by atoms with Crippen LogP contribution in [0.2, 0.25) is 0 Å². The van der Waals surface area contributed by atoms with Gasteiger partial charge in [0.15, 0.2) is 0 Å². The highest BCUT2D eigenvalue weighted by atomic mass is 15.2. The predicted octanol–water partition coefficient (Wildman–Crippen LogP) is 21.4. The molecule has 2 heterocycles. The fraction of sp³-hybridized carbons (Fsp3) is 0.143. The molecule has 3 heteroatoms. The summed E-state index contributed by atoms with van der Waals surface area (Å²) in [5, 5.41) is 0. The highest BCUT2D eigenvalue weighted by molar-refractivity contribution is 7.00. The lowest BCUT2D eigenvalue weighted by Gasteiger charge is -2.46. The minimum absolute atomic E-state index is 0.0315. The van der Waals surface area contributed by atoms with Crippen molar-refractivity contribution < 1.29 is 0 Å². The first-order valence-electron chi connectivity index (χ1n) is 31.6. The second-order valence-electron chi connectivity index (χ2n) is 24.9. The first-order valence-corrected chi connectivity index (χ1v) is 31.6. The molecule has 0 amide bonds. The molecule has 2 nitrogen and oxygen atoms in total. The molecule has 0 aromatic heterocycles. The first kappa shape index (κ1) is 55.2. The molecular weight excluding hydrogens is 1050 g/mol. The van der Waals surface area contributed by atoms with Crippen LogP contribution in [-0.4, -0.2) is 6.71 Å². The minimum Gasteiger partial charge on any atom is -0.310 e. The standard InChI is InChI=1S/C84H73BN2/c1-6-8-28-58-42-48-77-75(50-58)85-76-57-67(62-43-46-70(47-44-62)84(3,4)5)45-49-78(76)87(83-73(65-38-24-14-25-39-65)55-69(61-32-18-11-19-33-61)56-74(83)66-40-26-15-27-41-66)80-52-59(29-9-7-2)51-79(81(80)85)86(77)82-71(63-34-20-12-21-35-63)53-68(60-30-16-10-17-31-60)54-72(82)64-36-22-13-23-37-64/h10-27,30-57H,6-9,28-29H2,1-5H3. The van der Waals surface area contributed by atoms with Gasteiger partial charge >= 0.3 is 0 Å². The highest BCUT2D eigenvalue weighted by Crippen LogP contribution is 2.54. The minimum atomic E-state index is -0.115. The largest absolute Gasteiger partial charge is 0.310 e. The van der Waals surface area contributed by atoms with E-state index in [9.17, 15) is 0 Å². The molecule has 87 heavy (non-hydrogen) atoms. The van der Waals surface area contributed by atoms with E-state index < -0.39 is 0 Å². The van der Waals surface area contributed by atoms with Gasteiger partial charge in [-0.05, 0) is 168 Å². The number of anilines is 6. The Morgan fingerprint density at radius 3 is 1.03 bits per heavy atom. The molecule has 14 rings (SSSR count). The number of nitrogens with zero attached hydrogens (tertiary/aromatic N) is 2. The molecule has 0 N–H and O–H groups in total. The molecule has 422 valence electrons. The van der Waals surface area contributed by atoms with Crippen molar-refractivity contribution in [3.05, 3.63) is 296 Å². The Bertz CT molecular complexity index is 4280. The molecule has 12 aromatic rings. The SMILES string of the molecule is CCCCc1ccc2c(c1)B1c3cc(-c4ccc(C(C)(C)C)cc4)ccc3N(c3c(-c4ccccc4)cc(-c4ccccc4)cc3-c3ccccc3)c3cc(CCCC)cc(c31)N2c1c(-c2ccccc2)cc(-c2ccccc2)cc1-c1ccccc1. The van der Waals surface area contributed by atoms with Crippen LogP contribution in [0.4, 0.5) is 34.1 Å². The van der Waals surface area contributed by atoms with Gasteiger partial charge in [0.05, 0.1) is 11.4 Å². The summed E-state index contributed by atoms with van der Waals surface area (Å²) in [7, 11) is 0. The van der Waals surface area contributed by atoms with Crippen molar-refractivity contribution in [2.75, 3.05) is 9.80 Å². The van der Waals surface area contributed by atoms with E-state index in [4.69, 9.17) is 0 Å². The van der Waals surface area contributed by atoms with Crippen LogP contribution in [0.3, 0.4) is 0 Å². The Hall–Kier alpha value is -9.70. The Morgan fingerprint density at radius 1 is 0.299 bits per heavy atom. The van der Waals surface area contributed by atoms with Crippen molar-refractivity contribution in [3.8, 4) is 77.9 Å². The molecule has 0 fully saturated rings. The second kappa shape index (κ2) is 23.6. The lowest BCUT2D eigenvalue weighted by Crippen LogP contribution is -2.61. The molecule has 0 saturated carbocycles. The summed E-state index contributed by atoms with van der Waals surface area (Å²) in [6.45, 7) is 11.4. The van der Waals surface area contributed by atoms with Crippen LogP contribution in [0, 0.1) is 0 Å². The number of aryl methyl sites for hydroxylation is 2. The summed E-state index contributed by atoms with van der Waals surface area (Å²) in [6, 6.07) is 106. The molecule has 12 aromatic carbocycles. The maximum Gasteiger partial charge on any atom is 0.252 e. The average Bonchev–Trinajstić information content (AvgIpc) is 0.749. The van der Waals surface area contributed by atoms with Gasteiger partial charge in [-0.2, -0.15) is 0 Å². The van der Waals surface area contributed by atoms with E-state index >= 15 is 0 Å². The van der Waals surface area contributed by atoms with E-state index in [1.165, 1.54) is 145 Å². The van der Waals surface area contributed by atoms with Crippen molar-refractivity contribution in [1.82, 2.24) is 0 Å². The second-order valence-corrected chi connectivity index (χ2v) is 24.9. The predicted molar refractivity (Wildman–Crippen MR) is 374 cm³/mol. The van der Waals surface area contributed by atoms with E-state index in [0.717, 1.165) is 38.5 Å². The molecular formula is C84H73BN2. The number of hydrogen-bond acceptors (Lipinski definition) is 2. The van der Waals surface area contributed by atoms with Crippen LogP contribution in [0.25, 0.3) is 77.9 Å². The highest BCUT2D eigenvalue weighted by Gasteiger charge is 2.45. The fourth-order valence-corrected chi connectivity index (χ4v) is 13.7. The topological polar surface area (TPSA) is 6.48 Å². The van der Waals surface area contributed by atoms with E-state index in [1.54, 1.807) is 0 Å². The molecule has 0 radical (unpaired) electrons. The number of fused-ring (bicyclic) bond motifs is 4. The molecule has 0 unspecified atom stereocenters. The van der Waals surface area contributed by atoms with E-state index in [0.29, 0.717) is 0 Å². The van der Waals surface area contributed by atoms with Gasteiger partial charge in [-0.1, -0.05) is 278 Å². The van der Waals surface area contributed by atoms with E-state index in [1.807, 2.05) is 0 Å². The third kappa shape index (κ3) is 10.5. The summed E-state index contributed by atoms with van der Waals surface area (Å²) in [4.78, 5) is 5.43. The first-order chi connectivity index (χ1) is 42.7. The zero-order chi connectivity index (χ0) is 59.0. The third-order valence-electron chi connectivity index (χ3n) is 18.1. The Labute approximate surface area is 516 Å². The van der Waals surface area contributed by atoms with Crippen molar-refractivity contribution in [1.29, 1.82) is 0 Å². The van der Waals surface area contributed by atoms with Crippen LogP contribution in [0.1, 0.15) is 77.0 Å². The van der Waals surface area contributed by atoms with Crippen LogP contribution in [0.15, 0.2) is 279 Å². The average molecular weight is 1120 g/mol. The third-order valence-corrected chi connectivity index (χ3v) is 18.1. The van der Waals surface area contributed by atoms with Crippen molar-refractivity contribution in [3.63, 3.8) is 0 Å². The molecule has 0 bridgehead atoms. The number of hydrogen-bond donors (Lipinski definition) is 0. The van der Waals surface area contributed by atoms with Gasteiger partial charge in [0, 0.05) is 45.0 Å². The van der Waals surface area contributed by atoms with Gasteiger partial charge in [-0.25, -0.2) is 0 Å². The molecule has 0 atom stereocenters. The lowest BCUT2D eigenvalue weighted by atomic mass is 9.33. The van der Waals surface area contributed by atoms with Crippen molar-refractivity contribution in [2.45, 2.75) is 78.6 Å². The molecule has 2 aliphatic rings. The zero-order valence-electron chi connectivity index (χ0n) is 50.8. The van der Waals surface area contributed by atoms with E-state index in [2.05, 4.69) is 323 Å². The smallest absolute Gasteiger partial charge is 0.252 e. The normalized spacial score (nSPS) is 12.4. The number of rotatable bonds is 15. The summed E-state index contributed by atoms with van der Waals surface area (Å²) < 4.78 is 0.